The highest BCUT2D eigenvalue weighted by Gasteiger charge is 2.49. The summed E-state index contributed by atoms with van der Waals surface area (Å²) in [6.45, 7) is 1.47. The van der Waals surface area contributed by atoms with Crippen LogP contribution in [0.4, 0.5) is 8.78 Å². The van der Waals surface area contributed by atoms with Crippen molar-refractivity contribution in [1.29, 1.82) is 0 Å². The summed E-state index contributed by atoms with van der Waals surface area (Å²) in [6.07, 6.45) is 2.96. The first kappa shape index (κ1) is 16.5. The number of hydrogen-bond donors (Lipinski definition) is 1. The maximum absolute atomic E-state index is 12.9. The van der Waals surface area contributed by atoms with Crippen molar-refractivity contribution in [1.82, 2.24) is 15.4 Å². The molecule has 1 aliphatic heterocycles. The minimum Gasteiger partial charge on any atom is -0.360 e. The molecule has 0 radical (unpaired) electrons. The van der Waals surface area contributed by atoms with Gasteiger partial charge in [0.25, 0.3) is 5.91 Å². The van der Waals surface area contributed by atoms with Gasteiger partial charge in [0.05, 0.1) is 0 Å². The van der Waals surface area contributed by atoms with E-state index in [1.807, 2.05) is 0 Å². The molecule has 1 unspecified atom stereocenters. The number of hydrogen-bond acceptors (Lipinski definition) is 4. The van der Waals surface area contributed by atoms with Crippen molar-refractivity contribution in [3.63, 3.8) is 0 Å². The second-order valence-electron chi connectivity index (χ2n) is 7.34. The van der Waals surface area contributed by atoms with Gasteiger partial charge in [0.15, 0.2) is 5.69 Å². The number of aryl methyl sites for hydroxylation is 1. The van der Waals surface area contributed by atoms with Gasteiger partial charge in [-0.1, -0.05) is 5.16 Å². The molecule has 0 aromatic carbocycles. The Labute approximate surface area is 143 Å². The first-order valence-corrected chi connectivity index (χ1v) is 8.88. The van der Waals surface area contributed by atoms with Gasteiger partial charge in [0.1, 0.15) is 5.76 Å². The van der Waals surface area contributed by atoms with Gasteiger partial charge in [0, 0.05) is 49.9 Å². The van der Waals surface area contributed by atoms with Crippen LogP contribution in [0.1, 0.15) is 53.9 Å². The number of halogens is 2. The van der Waals surface area contributed by atoms with E-state index >= 15 is 0 Å². The highest BCUT2D eigenvalue weighted by atomic mass is 19.3. The molecule has 0 bridgehead atoms. The molecular formula is C17H21F2N3O3. The summed E-state index contributed by atoms with van der Waals surface area (Å²) < 4.78 is 31.2. The number of nitrogens with one attached hydrogen (secondary N) is 1. The number of alkyl halides is 2. The fourth-order valence-electron chi connectivity index (χ4n) is 3.93. The van der Waals surface area contributed by atoms with Crippen molar-refractivity contribution in [3.8, 4) is 0 Å². The van der Waals surface area contributed by atoms with Crippen LogP contribution in [0, 0.1) is 5.92 Å². The Morgan fingerprint density at radius 1 is 1.24 bits per heavy atom. The SMILES string of the molecule is O=C(NC1CCc2onc(C(=O)N3CCCC3)c2C1)C1CC(F)(F)C1. The highest BCUT2D eigenvalue weighted by Crippen LogP contribution is 2.42. The molecule has 1 aromatic heterocycles. The van der Waals surface area contributed by atoms with Gasteiger partial charge in [-0.15, -0.1) is 0 Å². The van der Waals surface area contributed by atoms with E-state index in [1.54, 1.807) is 4.90 Å². The molecule has 2 fully saturated rings. The lowest BCUT2D eigenvalue weighted by molar-refractivity contribution is -0.150. The van der Waals surface area contributed by atoms with Crippen LogP contribution < -0.4 is 5.32 Å². The molecule has 0 spiro atoms. The van der Waals surface area contributed by atoms with Gasteiger partial charge < -0.3 is 14.7 Å². The van der Waals surface area contributed by atoms with Crippen LogP contribution in [0.25, 0.3) is 0 Å². The molecule has 8 heteroatoms. The van der Waals surface area contributed by atoms with Crippen molar-refractivity contribution in [2.75, 3.05) is 13.1 Å². The number of rotatable bonds is 3. The molecule has 1 aromatic rings. The molecule has 3 aliphatic rings. The molecule has 4 rings (SSSR count). The Hall–Kier alpha value is -1.99. The van der Waals surface area contributed by atoms with Crippen molar-refractivity contribution in [3.05, 3.63) is 17.0 Å². The Morgan fingerprint density at radius 3 is 2.64 bits per heavy atom. The van der Waals surface area contributed by atoms with Crippen LogP contribution in [-0.2, 0) is 17.6 Å². The number of aromatic nitrogens is 1. The van der Waals surface area contributed by atoms with E-state index in [4.69, 9.17) is 4.52 Å². The van der Waals surface area contributed by atoms with E-state index in [0.717, 1.165) is 31.5 Å². The molecule has 2 heterocycles. The zero-order valence-electron chi connectivity index (χ0n) is 13.9. The predicted molar refractivity (Wildman–Crippen MR) is 83.3 cm³/mol. The lowest BCUT2D eigenvalue weighted by Gasteiger charge is -2.35. The zero-order valence-corrected chi connectivity index (χ0v) is 13.9. The number of carbonyl (C=O) groups is 2. The molecule has 2 aliphatic carbocycles. The summed E-state index contributed by atoms with van der Waals surface area (Å²) in [6, 6.07) is -0.168. The van der Waals surface area contributed by atoms with Gasteiger partial charge in [-0.2, -0.15) is 0 Å². The quantitative estimate of drug-likeness (QED) is 0.901. The maximum Gasteiger partial charge on any atom is 0.276 e. The third kappa shape index (κ3) is 3.14. The van der Waals surface area contributed by atoms with Gasteiger partial charge in [-0.25, -0.2) is 8.78 Å². The summed E-state index contributed by atoms with van der Waals surface area (Å²) in [4.78, 5) is 26.5. The summed E-state index contributed by atoms with van der Waals surface area (Å²) in [7, 11) is 0. The summed E-state index contributed by atoms with van der Waals surface area (Å²) in [5, 5.41) is 6.82. The van der Waals surface area contributed by atoms with E-state index in [1.165, 1.54) is 0 Å². The van der Waals surface area contributed by atoms with Gasteiger partial charge in [-0.05, 0) is 25.7 Å². The smallest absolute Gasteiger partial charge is 0.276 e. The van der Waals surface area contributed by atoms with Crippen LogP contribution in [0.15, 0.2) is 4.52 Å². The minimum absolute atomic E-state index is 0.117. The lowest BCUT2D eigenvalue weighted by Crippen LogP contribution is -2.49. The van der Waals surface area contributed by atoms with E-state index in [0.29, 0.717) is 30.7 Å². The Kier molecular flexibility index (Phi) is 4.00. The first-order chi connectivity index (χ1) is 11.9. The van der Waals surface area contributed by atoms with Crippen LogP contribution in [0.2, 0.25) is 0 Å². The standard InChI is InChI=1S/C17H21F2N3O3/c18-17(19)8-10(9-17)15(23)20-11-3-4-13-12(7-11)14(21-25-13)16(24)22-5-1-2-6-22/h10-11H,1-9H2,(H,20,23). The number of nitrogens with zero attached hydrogens (tertiary/aromatic N) is 2. The topological polar surface area (TPSA) is 75.4 Å². The van der Waals surface area contributed by atoms with Crippen LogP contribution in [0.5, 0.6) is 0 Å². The second-order valence-corrected chi connectivity index (χ2v) is 7.34. The molecule has 1 N–H and O–H groups in total. The number of fused-ring (bicyclic) bond motifs is 1. The van der Waals surface area contributed by atoms with Crippen LogP contribution in [-0.4, -0.2) is 46.9 Å². The van der Waals surface area contributed by atoms with E-state index in [-0.39, 0.29) is 30.7 Å². The van der Waals surface area contributed by atoms with Crippen LogP contribution >= 0.6 is 0 Å². The van der Waals surface area contributed by atoms with E-state index in [2.05, 4.69) is 10.5 Å². The monoisotopic (exact) mass is 353 g/mol. The fourth-order valence-corrected chi connectivity index (χ4v) is 3.93. The van der Waals surface area contributed by atoms with Crippen molar-refractivity contribution in [2.24, 2.45) is 5.92 Å². The summed E-state index contributed by atoms with van der Waals surface area (Å²) >= 11 is 0. The molecule has 25 heavy (non-hydrogen) atoms. The van der Waals surface area contributed by atoms with Gasteiger partial charge in [-0.3, -0.25) is 9.59 Å². The third-order valence-electron chi connectivity index (χ3n) is 5.44. The van der Waals surface area contributed by atoms with Crippen molar-refractivity contribution >= 4 is 11.8 Å². The average Bonchev–Trinajstić information content (AvgIpc) is 3.21. The van der Waals surface area contributed by atoms with Crippen molar-refractivity contribution < 1.29 is 22.9 Å². The molecule has 1 saturated carbocycles. The Bertz CT molecular complexity index is 689. The van der Waals surface area contributed by atoms with Crippen molar-refractivity contribution in [2.45, 2.75) is 56.9 Å². The number of likely N-dealkylation sites (tertiary alicyclic amines) is 1. The fraction of sp³-hybridized carbons (Fsp3) is 0.706. The molecule has 1 saturated heterocycles. The molecule has 136 valence electrons. The average molecular weight is 353 g/mol. The Balaban J connectivity index is 1.41. The van der Waals surface area contributed by atoms with Crippen LogP contribution in [0.3, 0.4) is 0 Å². The van der Waals surface area contributed by atoms with E-state index < -0.39 is 11.8 Å². The number of amides is 2. The molecule has 6 nitrogen and oxygen atoms in total. The van der Waals surface area contributed by atoms with E-state index in [9.17, 15) is 18.4 Å². The lowest BCUT2D eigenvalue weighted by atomic mass is 9.80. The maximum atomic E-state index is 12.9. The molecular weight excluding hydrogens is 332 g/mol. The van der Waals surface area contributed by atoms with Gasteiger partial charge in [0.2, 0.25) is 11.8 Å². The number of carbonyl (C=O) groups excluding carboxylic acids is 2. The first-order valence-electron chi connectivity index (χ1n) is 8.88. The third-order valence-corrected chi connectivity index (χ3v) is 5.44. The second kappa shape index (κ2) is 6.07. The zero-order chi connectivity index (χ0) is 17.6. The molecule has 2 amide bonds. The Morgan fingerprint density at radius 2 is 1.96 bits per heavy atom. The molecule has 1 atom stereocenters. The normalized spacial score (nSPS) is 25.4. The highest BCUT2D eigenvalue weighted by molar-refractivity contribution is 5.94. The largest absolute Gasteiger partial charge is 0.360 e. The minimum atomic E-state index is -2.70. The summed E-state index contributed by atoms with van der Waals surface area (Å²) in [5.74, 6) is -3.05. The predicted octanol–water partition coefficient (Wildman–Crippen LogP) is 1.93. The van der Waals surface area contributed by atoms with Gasteiger partial charge >= 0.3 is 0 Å². The summed E-state index contributed by atoms with van der Waals surface area (Å²) in [5.41, 5.74) is 1.10.